The quantitative estimate of drug-likeness (QED) is 0.280. The minimum atomic E-state index is -6.00. The third-order valence-corrected chi connectivity index (χ3v) is 10.3. The van der Waals surface area contributed by atoms with Gasteiger partial charge in [0.15, 0.2) is 0 Å². The molecule has 0 aliphatic heterocycles. The molecule has 0 atom stereocenters. The smallest absolute Gasteiger partial charge is 1.00 e. The molecular weight excluding hydrogens is 505 g/mol. The minimum Gasteiger partial charge on any atom is -1.00 e. The van der Waals surface area contributed by atoms with Crippen molar-refractivity contribution in [2.75, 3.05) is 25.4 Å². The summed E-state index contributed by atoms with van der Waals surface area (Å²) in [6.07, 6.45) is 2.48. The van der Waals surface area contributed by atoms with Gasteiger partial charge in [-0.1, -0.05) is 55.4 Å². The van der Waals surface area contributed by atoms with E-state index in [2.05, 4.69) is 55.4 Å². The van der Waals surface area contributed by atoms with Crippen LogP contribution in [0.2, 0.25) is 0 Å². The summed E-state index contributed by atoms with van der Waals surface area (Å²) in [4.78, 5) is 0. The molecule has 0 heterocycles. The second-order valence-electron chi connectivity index (χ2n) is 6.92. The van der Waals surface area contributed by atoms with E-state index >= 15 is 0 Å². The molecule has 0 bridgehead atoms. The predicted molar refractivity (Wildman–Crippen MR) is 112 cm³/mol. The van der Waals surface area contributed by atoms with Crippen molar-refractivity contribution in [1.29, 1.82) is 0 Å². The van der Waals surface area contributed by atoms with Crippen molar-refractivity contribution in [2.24, 2.45) is 11.5 Å². The van der Waals surface area contributed by atoms with Gasteiger partial charge in [-0.25, -0.2) is 0 Å². The zero-order valence-electron chi connectivity index (χ0n) is 18.0. The molecule has 27 heavy (non-hydrogen) atoms. The normalized spacial score (nSPS) is 11.1. The van der Waals surface area contributed by atoms with Crippen molar-refractivity contribution < 1.29 is 49.1 Å². The van der Waals surface area contributed by atoms with E-state index in [1.807, 2.05) is 0 Å². The Morgan fingerprint density at radius 2 is 0.778 bits per heavy atom. The second kappa shape index (κ2) is 22.2. The van der Waals surface area contributed by atoms with Crippen molar-refractivity contribution in [3.05, 3.63) is 0 Å². The van der Waals surface area contributed by atoms with Crippen molar-refractivity contribution in [3.63, 3.8) is 0 Å². The Morgan fingerprint density at radius 1 is 0.630 bits per heavy atom. The van der Waals surface area contributed by atoms with Crippen LogP contribution in [0.25, 0.3) is 0 Å². The molecule has 0 unspecified atom stereocenters. The van der Waals surface area contributed by atoms with Gasteiger partial charge >= 0.3 is 26.7 Å². The fraction of sp³-hybridized carbons (Fsp3) is 1.00. The van der Waals surface area contributed by atoms with Gasteiger partial charge in [0.2, 0.25) is 0 Å². The Labute approximate surface area is 186 Å². The van der Waals surface area contributed by atoms with E-state index in [0.29, 0.717) is 0 Å². The molecule has 0 aliphatic carbocycles. The molecule has 170 valence electrons. The molecule has 0 fully saturated rings. The van der Waals surface area contributed by atoms with Crippen molar-refractivity contribution in [1.82, 2.24) is 0 Å². The first-order chi connectivity index (χ1) is 11.2. The van der Waals surface area contributed by atoms with Crippen LogP contribution in [0.15, 0.2) is 0 Å². The molecule has 0 aliphatic rings. The van der Waals surface area contributed by atoms with E-state index in [0.717, 1.165) is 35.7 Å². The van der Waals surface area contributed by atoms with Crippen LogP contribution < -0.4 is 23.9 Å². The first-order valence-corrected chi connectivity index (χ1v) is 12.3. The van der Waals surface area contributed by atoms with E-state index in [1.165, 1.54) is 12.3 Å². The van der Waals surface area contributed by atoms with Crippen LogP contribution in [-0.4, -0.2) is 55.3 Å². The fourth-order valence-corrected chi connectivity index (χ4v) is 7.57. The number of nitrogens with two attached hydrogens (primary N) is 2. The van der Waals surface area contributed by atoms with Crippen LogP contribution in [0, 0.1) is 0 Å². The summed E-state index contributed by atoms with van der Waals surface area (Å²) < 4.78 is 39.0. The summed E-state index contributed by atoms with van der Waals surface area (Å²) in [5, 5.41) is 0. The van der Waals surface area contributed by atoms with Gasteiger partial charge in [-0.2, -0.15) is 0 Å². The van der Waals surface area contributed by atoms with Gasteiger partial charge in [0.1, 0.15) is 0 Å². The van der Waals surface area contributed by atoms with Crippen LogP contribution in [0.5, 0.6) is 0 Å². The van der Waals surface area contributed by atoms with E-state index in [4.69, 9.17) is 11.5 Å². The Kier molecular flexibility index (Phi) is 32.0. The second-order valence-corrected chi connectivity index (χ2v) is 14.0. The van der Waals surface area contributed by atoms with Gasteiger partial charge < -0.3 is 41.1 Å². The van der Waals surface area contributed by atoms with Crippen LogP contribution in [0.4, 0.5) is 17.3 Å². The number of halogens is 5. The van der Waals surface area contributed by atoms with Crippen LogP contribution in [0.3, 0.4) is 0 Å². The number of hydrogen-bond acceptors (Lipinski definition) is 2. The Morgan fingerprint density at radius 3 is 0.815 bits per heavy atom. The summed E-state index contributed by atoms with van der Waals surface area (Å²) in [7, 11) is -5.61. The molecule has 4 N–H and O–H groups in total. The maximum atomic E-state index is 9.75. The largest absolute Gasteiger partial charge is 2.00 e. The van der Waals surface area contributed by atoms with Gasteiger partial charge in [0, 0.05) is 0 Å². The molecule has 0 aromatic rings. The predicted octanol–water partition coefficient (Wildman–Crippen LogP) is 2.79. The van der Waals surface area contributed by atoms with Crippen LogP contribution in [-0.2, 0) is 19.5 Å². The van der Waals surface area contributed by atoms with E-state index < -0.39 is 7.25 Å². The van der Waals surface area contributed by atoms with Crippen LogP contribution >= 0.6 is 15.8 Å². The maximum Gasteiger partial charge on any atom is 2.00 e. The van der Waals surface area contributed by atoms with E-state index in [1.54, 1.807) is 0 Å². The van der Waals surface area contributed by atoms with Gasteiger partial charge in [0.25, 0.3) is 0 Å². The van der Waals surface area contributed by atoms with Crippen molar-refractivity contribution in [2.45, 2.75) is 78.0 Å². The summed E-state index contributed by atoms with van der Waals surface area (Å²) in [5.41, 5.74) is 14.4. The molecule has 0 spiro atoms. The summed E-state index contributed by atoms with van der Waals surface area (Å²) in [6.45, 7) is 20.2. The molecule has 0 aromatic carbocycles. The van der Waals surface area contributed by atoms with Crippen molar-refractivity contribution in [3.8, 4) is 0 Å². The summed E-state index contributed by atoms with van der Waals surface area (Å²) in [6, 6.07) is 0. The van der Waals surface area contributed by atoms with E-state index in [-0.39, 0.29) is 47.7 Å². The average molecular weight is 546 g/mol. The van der Waals surface area contributed by atoms with Crippen molar-refractivity contribution >= 4 is 23.1 Å². The molecule has 11 heteroatoms. The molecular formula is C16H40BClF4N2P2Ru. The topological polar surface area (TPSA) is 52.0 Å². The average Bonchev–Trinajstić information content (AvgIpc) is 2.39. The maximum absolute atomic E-state index is 9.75. The Balaban J connectivity index is -0.0000000910. The molecule has 0 saturated heterocycles. The Hall–Kier alpha value is 1.48. The summed E-state index contributed by atoms with van der Waals surface area (Å²) >= 11 is 0. The van der Waals surface area contributed by atoms with Crippen LogP contribution in [0.1, 0.15) is 55.4 Å². The van der Waals surface area contributed by atoms with Gasteiger partial charge in [0.05, 0.1) is 0 Å². The number of hydrogen-bond donors (Lipinski definition) is 2. The van der Waals surface area contributed by atoms with E-state index in [9.17, 15) is 17.3 Å². The standard InChI is InChI=1S/2C8H20NP.BF4.ClH.Ru/c2*1-7(2)10(6-5-9)8(3)4;2-1(3,4)5;;/h2*7-8H,5-6,9H2,1-4H3;;1H;/q;;-1;;+2/p-1. The third-order valence-electron chi connectivity index (χ3n) is 3.43. The first kappa shape index (κ1) is 39.0. The molecule has 0 aromatic heterocycles. The molecule has 0 saturated carbocycles. The number of rotatable bonds is 8. The molecule has 0 radical (unpaired) electrons. The zero-order chi connectivity index (χ0) is 20.8. The fourth-order valence-electron chi connectivity index (χ4n) is 2.52. The third kappa shape index (κ3) is 32.4. The minimum absolute atomic E-state index is 0. The van der Waals surface area contributed by atoms with Gasteiger partial charge in [-0.15, -0.1) is 15.8 Å². The summed E-state index contributed by atoms with van der Waals surface area (Å²) in [5.74, 6) is 0. The van der Waals surface area contributed by atoms with Gasteiger partial charge in [-0.05, 0) is 48.0 Å². The monoisotopic (exact) mass is 546 g/mol. The molecule has 2 nitrogen and oxygen atoms in total. The van der Waals surface area contributed by atoms with Gasteiger partial charge in [-0.3, -0.25) is 0 Å². The Bertz CT molecular complexity index is 260. The first-order valence-electron chi connectivity index (χ1n) is 8.97. The molecule has 0 amide bonds. The zero-order valence-corrected chi connectivity index (χ0v) is 22.3. The molecule has 0 rings (SSSR count). The SMILES string of the molecule is CC(C)P(CCN)C(C)C.CC(C)P(CCN)C(C)C.F[B-](F)(F)F.[Cl-].[Ru+2].